The van der Waals surface area contributed by atoms with Gasteiger partial charge in [0.25, 0.3) is 0 Å². The molecule has 0 atom stereocenters. The molecule has 1 aromatic carbocycles. The fraction of sp³-hybridized carbons (Fsp3) is 0.182. The minimum absolute atomic E-state index is 0.0273. The number of hydrogen-bond acceptors (Lipinski definition) is 5. The highest BCUT2D eigenvalue weighted by Crippen LogP contribution is 2.01. The van der Waals surface area contributed by atoms with E-state index in [4.69, 9.17) is 5.26 Å². The van der Waals surface area contributed by atoms with E-state index in [1.165, 1.54) is 0 Å². The van der Waals surface area contributed by atoms with Gasteiger partial charge in [0.2, 0.25) is 0 Å². The van der Waals surface area contributed by atoms with E-state index < -0.39 is 18.5 Å². The third kappa shape index (κ3) is 4.24. The largest absolute Gasteiger partial charge is 0.516 e. The van der Waals surface area contributed by atoms with Crippen LogP contribution in [0.2, 0.25) is 0 Å². The average Bonchev–Trinajstić information content (AvgIpc) is 2.28. The second kappa shape index (κ2) is 6.19. The summed E-state index contributed by atoms with van der Waals surface area (Å²) in [5, 5.41) is 8.15. The van der Waals surface area contributed by atoms with Crippen molar-refractivity contribution >= 4 is 12.1 Å². The summed E-state index contributed by atoms with van der Waals surface area (Å²) in [4.78, 5) is 21.6. The Balaban J connectivity index is 2.31. The van der Waals surface area contributed by atoms with Gasteiger partial charge in [-0.15, -0.1) is 0 Å². The van der Waals surface area contributed by atoms with Crippen LogP contribution in [0.25, 0.3) is 0 Å². The zero-order chi connectivity index (χ0) is 11.8. The minimum Gasteiger partial charge on any atom is -0.429 e. The lowest BCUT2D eigenvalue weighted by Gasteiger charge is -2.03. The topological polar surface area (TPSA) is 76.4 Å². The van der Waals surface area contributed by atoms with Crippen LogP contribution in [-0.2, 0) is 20.9 Å². The molecule has 1 aromatic rings. The minimum atomic E-state index is -1.09. The normalized spacial score (nSPS) is 8.94. The summed E-state index contributed by atoms with van der Waals surface area (Å²) in [7, 11) is 0. The molecule has 0 radical (unpaired) electrons. The SMILES string of the molecule is N#CCC(=O)OC(=O)OCc1ccccc1. The van der Waals surface area contributed by atoms with E-state index in [0.717, 1.165) is 5.56 Å². The van der Waals surface area contributed by atoms with E-state index >= 15 is 0 Å². The molecule has 0 aliphatic rings. The number of nitrogens with zero attached hydrogens (tertiary/aromatic N) is 1. The smallest absolute Gasteiger partial charge is 0.429 e. The number of hydrogen-bond donors (Lipinski definition) is 0. The van der Waals surface area contributed by atoms with Crippen LogP contribution in [0.3, 0.4) is 0 Å². The summed E-state index contributed by atoms with van der Waals surface area (Å²) >= 11 is 0. The van der Waals surface area contributed by atoms with Gasteiger partial charge in [0.05, 0.1) is 6.07 Å². The number of carbonyl (C=O) groups is 2. The van der Waals surface area contributed by atoms with Gasteiger partial charge in [-0.2, -0.15) is 5.26 Å². The lowest BCUT2D eigenvalue weighted by Crippen LogP contribution is -2.13. The highest BCUT2D eigenvalue weighted by molar-refractivity contribution is 5.82. The molecule has 16 heavy (non-hydrogen) atoms. The predicted octanol–water partition coefficient (Wildman–Crippen LogP) is 1.78. The summed E-state index contributed by atoms with van der Waals surface area (Å²) in [6.45, 7) is 0.0273. The molecule has 0 saturated heterocycles. The van der Waals surface area contributed by atoms with Gasteiger partial charge < -0.3 is 9.47 Å². The Morgan fingerprint density at radius 3 is 2.56 bits per heavy atom. The van der Waals surface area contributed by atoms with Gasteiger partial charge in [-0.05, 0) is 5.56 Å². The fourth-order valence-electron chi connectivity index (χ4n) is 0.940. The van der Waals surface area contributed by atoms with Gasteiger partial charge in [0.1, 0.15) is 13.0 Å². The summed E-state index contributed by atoms with van der Waals surface area (Å²) in [6, 6.07) is 10.5. The lowest BCUT2D eigenvalue weighted by atomic mass is 10.2. The van der Waals surface area contributed by atoms with E-state index in [1.807, 2.05) is 6.07 Å². The van der Waals surface area contributed by atoms with Crippen LogP contribution in [-0.4, -0.2) is 12.1 Å². The highest BCUT2D eigenvalue weighted by atomic mass is 16.7. The number of nitriles is 1. The van der Waals surface area contributed by atoms with Crippen LogP contribution in [0.5, 0.6) is 0 Å². The second-order valence-corrected chi connectivity index (χ2v) is 2.83. The average molecular weight is 219 g/mol. The summed E-state index contributed by atoms with van der Waals surface area (Å²) < 4.78 is 8.84. The highest BCUT2D eigenvalue weighted by Gasteiger charge is 2.10. The molecule has 0 amide bonds. The molecule has 0 aliphatic heterocycles. The van der Waals surface area contributed by atoms with Crippen LogP contribution in [0.1, 0.15) is 12.0 Å². The standard InChI is InChI=1S/C11H9NO4/c12-7-6-10(13)16-11(14)15-8-9-4-2-1-3-5-9/h1-5H,6,8H2. The molecule has 0 bridgehead atoms. The van der Waals surface area contributed by atoms with Crippen molar-refractivity contribution in [1.29, 1.82) is 5.26 Å². The van der Waals surface area contributed by atoms with Crippen LogP contribution in [0.4, 0.5) is 4.79 Å². The van der Waals surface area contributed by atoms with E-state index in [1.54, 1.807) is 30.3 Å². The molecule has 5 heteroatoms. The van der Waals surface area contributed by atoms with Crippen molar-refractivity contribution in [3.8, 4) is 6.07 Å². The summed E-state index contributed by atoms with van der Waals surface area (Å²) in [6.07, 6.45) is -1.57. The van der Waals surface area contributed by atoms with Crippen LogP contribution in [0, 0.1) is 11.3 Å². The first-order valence-corrected chi connectivity index (χ1v) is 4.50. The molecule has 0 unspecified atom stereocenters. The molecule has 0 fully saturated rings. The van der Waals surface area contributed by atoms with Crippen molar-refractivity contribution in [2.75, 3.05) is 0 Å². The molecule has 5 nitrogen and oxygen atoms in total. The monoisotopic (exact) mass is 219 g/mol. The Morgan fingerprint density at radius 1 is 1.25 bits per heavy atom. The van der Waals surface area contributed by atoms with Crippen LogP contribution < -0.4 is 0 Å². The van der Waals surface area contributed by atoms with Gasteiger partial charge in [-0.1, -0.05) is 30.3 Å². The number of carbonyl (C=O) groups excluding carboxylic acids is 2. The summed E-state index contributed by atoms with van der Waals surface area (Å²) in [5.74, 6) is -0.916. The maximum atomic E-state index is 10.9. The molecule has 0 spiro atoms. The van der Waals surface area contributed by atoms with Gasteiger partial charge in [-0.3, -0.25) is 4.79 Å². The van der Waals surface area contributed by atoms with Crippen molar-refractivity contribution in [3.05, 3.63) is 35.9 Å². The van der Waals surface area contributed by atoms with Crippen molar-refractivity contribution in [3.63, 3.8) is 0 Å². The first kappa shape index (κ1) is 11.7. The van der Waals surface area contributed by atoms with E-state index in [-0.39, 0.29) is 6.61 Å². The van der Waals surface area contributed by atoms with Crippen molar-refractivity contribution in [2.24, 2.45) is 0 Å². The Morgan fingerprint density at radius 2 is 1.94 bits per heavy atom. The first-order valence-electron chi connectivity index (χ1n) is 4.50. The second-order valence-electron chi connectivity index (χ2n) is 2.83. The number of esters is 1. The third-order valence-electron chi connectivity index (χ3n) is 1.62. The molecular weight excluding hydrogens is 210 g/mol. The zero-order valence-electron chi connectivity index (χ0n) is 8.38. The van der Waals surface area contributed by atoms with E-state index in [9.17, 15) is 9.59 Å². The van der Waals surface area contributed by atoms with Gasteiger partial charge in [0.15, 0.2) is 0 Å². The van der Waals surface area contributed by atoms with Crippen molar-refractivity contribution < 1.29 is 19.1 Å². The Labute approximate surface area is 92.2 Å². The molecule has 0 heterocycles. The summed E-state index contributed by atoms with van der Waals surface area (Å²) in [5.41, 5.74) is 0.784. The van der Waals surface area contributed by atoms with Gasteiger partial charge >= 0.3 is 12.1 Å². The van der Waals surface area contributed by atoms with E-state index in [2.05, 4.69) is 9.47 Å². The van der Waals surface area contributed by atoms with Crippen LogP contribution >= 0.6 is 0 Å². The molecule has 82 valence electrons. The Kier molecular flexibility index (Phi) is 4.54. The fourth-order valence-corrected chi connectivity index (χ4v) is 0.940. The molecule has 0 N–H and O–H groups in total. The molecule has 1 rings (SSSR count). The molecule has 0 aliphatic carbocycles. The lowest BCUT2D eigenvalue weighted by molar-refractivity contribution is -0.138. The van der Waals surface area contributed by atoms with Gasteiger partial charge in [-0.25, -0.2) is 4.79 Å². The Bertz CT molecular complexity index is 408. The predicted molar refractivity (Wildman–Crippen MR) is 52.9 cm³/mol. The van der Waals surface area contributed by atoms with Gasteiger partial charge in [0, 0.05) is 0 Å². The Hall–Kier alpha value is -2.35. The number of rotatable bonds is 3. The first-order chi connectivity index (χ1) is 7.72. The zero-order valence-corrected chi connectivity index (χ0v) is 8.38. The molecule has 0 aromatic heterocycles. The van der Waals surface area contributed by atoms with Crippen molar-refractivity contribution in [1.82, 2.24) is 0 Å². The number of ether oxygens (including phenoxy) is 2. The maximum Gasteiger partial charge on any atom is 0.516 e. The quantitative estimate of drug-likeness (QED) is 0.572. The van der Waals surface area contributed by atoms with Crippen molar-refractivity contribution in [2.45, 2.75) is 13.0 Å². The molecule has 0 saturated carbocycles. The third-order valence-corrected chi connectivity index (χ3v) is 1.62. The van der Waals surface area contributed by atoms with Crippen LogP contribution in [0.15, 0.2) is 30.3 Å². The van der Waals surface area contributed by atoms with E-state index in [0.29, 0.717) is 0 Å². The number of benzene rings is 1. The maximum absolute atomic E-state index is 10.9. The molecular formula is C11H9NO4.